The van der Waals surface area contributed by atoms with Crippen molar-refractivity contribution >= 4 is 29.5 Å². The minimum atomic E-state index is -0.679. The standard InChI is InChI=1S/C16H30O3S2/c1-14(17)13-16(20-11-8-12-21-16)10-7-5-3-2-4-6-9-15(18)19/h14,17H,2-13H2,1H3,(H,18,19)/t14-/m0/s1. The molecule has 0 aromatic carbocycles. The Bertz CT molecular complexity index is 289. The number of carboxylic acid groups (broad SMARTS) is 1. The summed E-state index contributed by atoms with van der Waals surface area (Å²) in [5.74, 6) is 1.78. The fourth-order valence-corrected chi connectivity index (χ4v) is 6.44. The van der Waals surface area contributed by atoms with Crippen LogP contribution in [0.3, 0.4) is 0 Å². The molecule has 5 heteroatoms. The van der Waals surface area contributed by atoms with Crippen molar-refractivity contribution < 1.29 is 15.0 Å². The lowest BCUT2D eigenvalue weighted by Gasteiger charge is -2.37. The highest BCUT2D eigenvalue weighted by molar-refractivity contribution is 8.18. The lowest BCUT2D eigenvalue weighted by molar-refractivity contribution is -0.137. The van der Waals surface area contributed by atoms with E-state index in [1.165, 1.54) is 43.6 Å². The van der Waals surface area contributed by atoms with E-state index < -0.39 is 5.97 Å². The SMILES string of the molecule is C[C@H](O)CC1(CCCCCCCCC(=O)O)SCCCS1. The van der Waals surface area contributed by atoms with E-state index in [0.717, 1.165) is 25.7 Å². The maximum absolute atomic E-state index is 10.4. The van der Waals surface area contributed by atoms with E-state index in [-0.39, 0.29) is 10.2 Å². The van der Waals surface area contributed by atoms with Crippen LogP contribution < -0.4 is 0 Å². The minimum Gasteiger partial charge on any atom is -0.481 e. The number of carboxylic acids is 1. The fourth-order valence-electron chi connectivity index (χ4n) is 2.81. The summed E-state index contributed by atoms with van der Waals surface area (Å²) < 4.78 is 0.246. The van der Waals surface area contributed by atoms with E-state index >= 15 is 0 Å². The van der Waals surface area contributed by atoms with Gasteiger partial charge in [0.25, 0.3) is 0 Å². The van der Waals surface area contributed by atoms with Gasteiger partial charge in [-0.3, -0.25) is 4.79 Å². The summed E-state index contributed by atoms with van der Waals surface area (Å²) in [7, 11) is 0. The summed E-state index contributed by atoms with van der Waals surface area (Å²) in [5.41, 5.74) is 0. The highest BCUT2D eigenvalue weighted by atomic mass is 32.2. The smallest absolute Gasteiger partial charge is 0.303 e. The molecule has 1 rings (SSSR count). The number of hydrogen-bond acceptors (Lipinski definition) is 4. The molecule has 0 aliphatic carbocycles. The van der Waals surface area contributed by atoms with Gasteiger partial charge in [-0.2, -0.15) is 0 Å². The van der Waals surface area contributed by atoms with Gasteiger partial charge in [0.2, 0.25) is 0 Å². The van der Waals surface area contributed by atoms with Crippen molar-refractivity contribution in [2.24, 2.45) is 0 Å². The Labute approximate surface area is 137 Å². The van der Waals surface area contributed by atoms with Crippen molar-refractivity contribution in [3.8, 4) is 0 Å². The van der Waals surface area contributed by atoms with Crippen LogP contribution in [0, 0.1) is 0 Å². The van der Waals surface area contributed by atoms with Gasteiger partial charge in [-0.15, -0.1) is 23.5 Å². The van der Waals surface area contributed by atoms with Gasteiger partial charge in [-0.05, 0) is 44.1 Å². The lowest BCUT2D eigenvalue weighted by atomic mass is 10.0. The highest BCUT2D eigenvalue weighted by Gasteiger charge is 2.34. The predicted octanol–water partition coefficient (Wildman–Crippen LogP) is 4.53. The summed E-state index contributed by atoms with van der Waals surface area (Å²) in [6, 6.07) is 0. The second-order valence-corrected chi connectivity index (χ2v) is 9.24. The van der Waals surface area contributed by atoms with E-state index in [1.807, 2.05) is 6.92 Å². The zero-order valence-electron chi connectivity index (χ0n) is 13.2. The number of aliphatic carboxylic acids is 1. The van der Waals surface area contributed by atoms with Crippen molar-refractivity contribution in [3.63, 3.8) is 0 Å². The second kappa shape index (κ2) is 10.8. The molecule has 124 valence electrons. The summed E-state index contributed by atoms with van der Waals surface area (Å²) >= 11 is 4.10. The Morgan fingerprint density at radius 2 is 1.67 bits per heavy atom. The molecular formula is C16H30O3S2. The molecule has 0 saturated carbocycles. The molecule has 1 saturated heterocycles. The molecule has 0 aromatic heterocycles. The first-order valence-electron chi connectivity index (χ1n) is 8.22. The van der Waals surface area contributed by atoms with Crippen molar-refractivity contribution in [1.29, 1.82) is 0 Å². The molecule has 0 unspecified atom stereocenters. The van der Waals surface area contributed by atoms with Crippen LogP contribution >= 0.6 is 23.5 Å². The van der Waals surface area contributed by atoms with Crippen LogP contribution in [0.15, 0.2) is 0 Å². The Kier molecular flexibility index (Phi) is 9.85. The van der Waals surface area contributed by atoms with Gasteiger partial charge in [0, 0.05) is 6.42 Å². The first kappa shape index (κ1) is 19.2. The Balaban J connectivity index is 2.11. The molecule has 2 N–H and O–H groups in total. The van der Waals surface area contributed by atoms with E-state index in [0.29, 0.717) is 6.42 Å². The summed E-state index contributed by atoms with van der Waals surface area (Å²) in [5, 5.41) is 18.3. The topological polar surface area (TPSA) is 57.5 Å². The monoisotopic (exact) mass is 334 g/mol. The predicted molar refractivity (Wildman–Crippen MR) is 93.1 cm³/mol. The molecule has 0 amide bonds. The van der Waals surface area contributed by atoms with E-state index in [9.17, 15) is 9.90 Å². The fraction of sp³-hybridized carbons (Fsp3) is 0.938. The van der Waals surface area contributed by atoms with Crippen LogP contribution in [0.1, 0.15) is 71.1 Å². The maximum atomic E-state index is 10.4. The summed E-state index contributed by atoms with van der Waals surface area (Å²) in [6.07, 6.45) is 10.2. The van der Waals surface area contributed by atoms with Gasteiger partial charge in [-0.25, -0.2) is 0 Å². The summed E-state index contributed by atoms with van der Waals surface area (Å²) in [6.45, 7) is 1.90. The molecule has 1 aliphatic heterocycles. The second-order valence-electron chi connectivity index (χ2n) is 6.03. The van der Waals surface area contributed by atoms with Crippen molar-refractivity contribution in [3.05, 3.63) is 0 Å². The molecule has 0 radical (unpaired) electrons. The van der Waals surface area contributed by atoms with Crippen molar-refractivity contribution in [2.75, 3.05) is 11.5 Å². The van der Waals surface area contributed by atoms with Gasteiger partial charge < -0.3 is 10.2 Å². The number of aliphatic hydroxyl groups excluding tert-OH is 1. The highest BCUT2D eigenvalue weighted by Crippen LogP contribution is 2.48. The number of carbonyl (C=O) groups is 1. The number of thioether (sulfide) groups is 2. The van der Waals surface area contributed by atoms with Crippen LogP contribution in [-0.2, 0) is 4.79 Å². The van der Waals surface area contributed by atoms with Gasteiger partial charge in [-0.1, -0.05) is 32.1 Å². The van der Waals surface area contributed by atoms with E-state index in [4.69, 9.17) is 5.11 Å². The first-order valence-corrected chi connectivity index (χ1v) is 10.2. The van der Waals surface area contributed by atoms with E-state index in [1.54, 1.807) is 0 Å². The zero-order chi connectivity index (χ0) is 15.6. The third kappa shape index (κ3) is 8.99. The normalized spacial score (nSPS) is 19.3. The van der Waals surface area contributed by atoms with Crippen LogP contribution in [0.2, 0.25) is 0 Å². The average molecular weight is 335 g/mol. The molecule has 3 nitrogen and oxygen atoms in total. The number of unbranched alkanes of at least 4 members (excludes halogenated alkanes) is 5. The number of rotatable bonds is 11. The first-order chi connectivity index (χ1) is 10.0. The van der Waals surface area contributed by atoms with Gasteiger partial charge in [0.15, 0.2) is 0 Å². The summed E-state index contributed by atoms with van der Waals surface area (Å²) in [4.78, 5) is 10.4. The van der Waals surface area contributed by atoms with Crippen LogP contribution in [0.5, 0.6) is 0 Å². The zero-order valence-corrected chi connectivity index (χ0v) is 14.8. The Morgan fingerprint density at radius 3 is 2.24 bits per heavy atom. The Hall–Kier alpha value is 0.130. The van der Waals surface area contributed by atoms with Crippen LogP contribution in [-0.4, -0.2) is 37.9 Å². The largest absolute Gasteiger partial charge is 0.481 e. The molecule has 0 spiro atoms. The molecular weight excluding hydrogens is 304 g/mol. The molecule has 1 atom stereocenters. The average Bonchev–Trinajstić information content (AvgIpc) is 2.41. The maximum Gasteiger partial charge on any atom is 0.303 e. The third-order valence-corrected chi connectivity index (χ3v) is 7.31. The molecule has 1 fully saturated rings. The van der Waals surface area contributed by atoms with Crippen molar-refractivity contribution in [2.45, 2.75) is 81.3 Å². The molecule has 0 bridgehead atoms. The van der Waals surface area contributed by atoms with Gasteiger partial charge in [0.05, 0.1) is 10.2 Å². The van der Waals surface area contributed by atoms with E-state index in [2.05, 4.69) is 23.5 Å². The quantitative estimate of drug-likeness (QED) is 0.544. The number of aliphatic hydroxyl groups is 1. The molecule has 1 aliphatic rings. The van der Waals surface area contributed by atoms with Gasteiger partial charge in [0.1, 0.15) is 0 Å². The van der Waals surface area contributed by atoms with Crippen LogP contribution in [0.4, 0.5) is 0 Å². The third-order valence-electron chi connectivity index (χ3n) is 3.82. The number of hydrogen-bond donors (Lipinski definition) is 2. The van der Waals surface area contributed by atoms with Crippen molar-refractivity contribution in [1.82, 2.24) is 0 Å². The molecule has 21 heavy (non-hydrogen) atoms. The van der Waals surface area contributed by atoms with Gasteiger partial charge >= 0.3 is 5.97 Å². The van der Waals surface area contributed by atoms with Crippen LogP contribution in [0.25, 0.3) is 0 Å². The Morgan fingerprint density at radius 1 is 1.10 bits per heavy atom. The molecule has 0 aromatic rings. The minimum absolute atomic E-state index is 0.209. The molecule has 1 heterocycles. The lowest BCUT2D eigenvalue weighted by Crippen LogP contribution is -2.29.